The van der Waals surface area contributed by atoms with Crippen LogP contribution >= 0.6 is 0 Å². The first-order chi connectivity index (χ1) is 7.34. The molecule has 6 heteroatoms. The number of rotatable bonds is 3. The fraction of sp³-hybridized carbons (Fsp3) is 0.300. The number of nitrogens with zero attached hydrogens (tertiary/aromatic N) is 1. The second-order valence-electron chi connectivity index (χ2n) is 3.33. The minimum Gasteiger partial charge on any atom is -0.294 e. The van der Waals surface area contributed by atoms with Gasteiger partial charge in [-0.1, -0.05) is 0 Å². The largest absolute Gasteiger partial charge is 0.294 e. The minimum atomic E-state index is -2.84. The van der Waals surface area contributed by atoms with Gasteiger partial charge in [-0.05, 0) is 19.9 Å². The van der Waals surface area contributed by atoms with Crippen molar-refractivity contribution in [3.05, 3.63) is 38.9 Å². The molecule has 0 aromatic heterocycles. The first kappa shape index (κ1) is 12.2. The lowest BCUT2D eigenvalue weighted by molar-refractivity contribution is -0.385. The van der Waals surface area contributed by atoms with Crippen LogP contribution in [0.15, 0.2) is 12.1 Å². The van der Waals surface area contributed by atoms with Crippen molar-refractivity contribution >= 4 is 11.5 Å². The Kier molecular flexibility index (Phi) is 3.31. The van der Waals surface area contributed by atoms with Crippen molar-refractivity contribution < 1.29 is 18.5 Å². The molecule has 0 spiro atoms. The molecule has 1 rings (SSSR count). The van der Waals surface area contributed by atoms with Gasteiger partial charge in [0.2, 0.25) is 0 Å². The molecule has 0 fully saturated rings. The normalized spacial score (nSPS) is 10.6. The van der Waals surface area contributed by atoms with Crippen LogP contribution in [0.25, 0.3) is 0 Å². The molecule has 16 heavy (non-hydrogen) atoms. The summed E-state index contributed by atoms with van der Waals surface area (Å²) in [5.41, 5.74) is -0.892. The molecule has 0 N–H and O–H groups in total. The van der Waals surface area contributed by atoms with Gasteiger partial charge >= 0.3 is 0 Å². The maximum absolute atomic E-state index is 12.5. The van der Waals surface area contributed by atoms with Crippen LogP contribution in [-0.2, 0) is 0 Å². The molecule has 0 aliphatic heterocycles. The standard InChI is InChI=1S/C10H9F2NO3/c1-5-8(6(2)14)3-7(10(11)12)4-9(5)13(15)16/h3-4,10H,1-2H3. The molecular formula is C10H9F2NO3. The van der Waals surface area contributed by atoms with E-state index in [2.05, 4.69) is 0 Å². The maximum Gasteiger partial charge on any atom is 0.273 e. The molecule has 0 saturated carbocycles. The Morgan fingerprint density at radius 3 is 2.38 bits per heavy atom. The van der Waals surface area contributed by atoms with E-state index in [0.29, 0.717) is 0 Å². The molecule has 0 aliphatic carbocycles. The number of Topliss-reactive ketones (excluding diaryl/α,β-unsaturated/α-hetero) is 1. The first-order valence-electron chi connectivity index (χ1n) is 4.42. The molecule has 0 bridgehead atoms. The molecule has 0 radical (unpaired) electrons. The number of hydrogen-bond acceptors (Lipinski definition) is 3. The lowest BCUT2D eigenvalue weighted by Crippen LogP contribution is -2.03. The highest BCUT2D eigenvalue weighted by Crippen LogP contribution is 2.29. The van der Waals surface area contributed by atoms with Crippen molar-refractivity contribution in [1.29, 1.82) is 0 Å². The molecule has 0 unspecified atom stereocenters. The van der Waals surface area contributed by atoms with Crippen molar-refractivity contribution in [2.45, 2.75) is 20.3 Å². The Bertz CT molecular complexity index is 422. The topological polar surface area (TPSA) is 60.2 Å². The number of carbonyl (C=O) groups is 1. The predicted molar refractivity (Wildman–Crippen MR) is 52.8 cm³/mol. The van der Waals surface area contributed by atoms with Crippen LogP contribution in [0, 0.1) is 17.0 Å². The van der Waals surface area contributed by atoms with Crippen LogP contribution in [0.4, 0.5) is 14.5 Å². The molecule has 1 aromatic rings. The summed E-state index contributed by atoms with van der Waals surface area (Å²) in [7, 11) is 0. The van der Waals surface area contributed by atoms with E-state index in [1.54, 1.807) is 0 Å². The summed E-state index contributed by atoms with van der Waals surface area (Å²) < 4.78 is 24.9. The van der Waals surface area contributed by atoms with Crippen molar-refractivity contribution in [2.24, 2.45) is 0 Å². The highest BCUT2D eigenvalue weighted by atomic mass is 19.3. The summed E-state index contributed by atoms with van der Waals surface area (Å²) in [5, 5.41) is 10.6. The van der Waals surface area contributed by atoms with Crippen molar-refractivity contribution in [2.75, 3.05) is 0 Å². The zero-order chi connectivity index (χ0) is 12.5. The fourth-order valence-electron chi connectivity index (χ4n) is 1.40. The number of halogens is 2. The molecule has 1 aromatic carbocycles. The SMILES string of the molecule is CC(=O)c1cc(C(F)F)cc([N+](=O)[O-])c1C. The second-order valence-corrected chi connectivity index (χ2v) is 3.33. The number of nitro groups is 1. The van der Waals surface area contributed by atoms with Gasteiger partial charge in [0, 0.05) is 22.8 Å². The van der Waals surface area contributed by atoms with Gasteiger partial charge in [0.25, 0.3) is 12.1 Å². The number of benzene rings is 1. The number of carbonyl (C=O) groups excluding carboxylic acids is 1. The zero-order valence-corrected chi connectivity index (χ0v) is 8.66. The Morgan fingerprint density at radius 1 is 1.44 bits per heavy atom. The Morgan fingerprint density at radius 2 is 2.00 bits per heavy atom. The summed E-state index contributed by atoms with van der Waals surface area (Å²) in [6.45, 7) is 2.55. The Labute approximate surface area is 90.0 Å². The van der Waals surface area contributed by atoms with Crippen LogP contribution in [0.2, 0.25) is 0 Å². The van der Waals surface area contributed by atoms with Gasteiger partial charge < -0.3 is 0 Å². The molecule has 0 amide bonds. The number of nitro benzene ring substituents is 1. The van der Waals surface area contributed by atoms with Crippen molar-refractivity contribution in [3.8, 4) is 0 Å². The van der Waals surface area contributed by atoms with Gasteiger partial charge in [-0.3, -0.25) is 14.9 Å². The summed E-state index contributed by atoms with van der Waals surface area (Å²) in [5.74, 6) is -0.469. The maximum atomic E-state index is 12.5. The monoisotopic (exact) mass is 229 g/mol. The second kappa shape index (κ2) is 4.34. The third-order valence-electron chi connectivity index (χ3n) is 2.23. The zero-order valence-electron chi connectivity index (χ0n) is 8.66. The molecule has 0 aliphatic rings. The van der Waals surface area contributed by atoms with Crippen LogP contribution in [0.3, 0.4) is 0 Å². The van der Waals surface area contributed by atoms with Gasteiger partial charge in [-0.15, -0.1) is 0 Å². The van der Waals surface area contributed by atoms with Gasteiger partial charge in [0.1, 0.15) is 0 Å². The quantitative estimate of drug-likeness (QED) is 0.454. The summed E-state index contributed by atoms with van der Waals surface area (Å²) in [4.78, 5) is 21.0. The fourth-order valence-corrected chi connectivity index (χ4v) is 1.40. The van der Waals surface area contributed by atoms with Crippen molar-refractivity contribution in [1.82, 2.24) is 0 Å². The third kappa shape index (κ3) is 2.21. The third-order valence-corrected chi connectivity index (χ3v) is 2.23. The average molecular weight is 229 g/mol. The van der Waals surface area contributed by atoms with Crippen molar-refractivity contribution in [3.63, 3.8) is 0 Å². The van der Waals surface area contributed by atoms with E-state index in [9.17, 15) is 23.7 Å². The summed E-state index contributed by atoms with van der Waals surface area (Å²) in [6, 6.07) is 1.79. The van der Waals surface area contributed by atoms with E-state index in [1.165, 1.54) is 13.8 Å². The average Bonchev–Trinajstić information content (AvgIpc) is 2.16. The van der Waals surface area contributed by atoms with E-state index >= 15 is 0 Å². The molecule has 0 saturated heterocycles. The molecular weight excluding hydrogens is 220 g/mol. The lowest BCUT2D eigenvalue weighted by Gasteiger charge is -2.06. The molecule has 86 valence electrons. The highest BCUT2D eigenvalue weighted by molar-refractivity contribution is 5.96. The number of alkyl halides is 2. The Balaban J connectivity index is 3.51. The summed E-state index contributed by atoms with van der Waals surface area (Å²) >= 11 is 0. The van der Waals surface area contributed by atoms with Gasteiger partial charge in [-0.2, -0.15) is 0 Å². The number of hydrogen-bond donors (Lipinski definition) is 0. The summed E-state index contributed by atoms with van der Waals surface area (Å²) in [6.07, 6.45) is -2.84. The van der Waals surface area contributed by atoms with Crippen LogP contribution in [0.5, 0.6) is 0 Å². The molecule has 4 nitrogen and oxygen atoms in total. The van der Waals surface area contributed by atoms with Gasteiger partial charge in [-0.25, -0.2) is 8.78 Å². The minimum absolute atomic E-state index is 0.0375. The van der Waals surface area contributed by atoms with Gasteiger partial charge in [0.05, 0.1) is 4.92 Å². The Hall–Kier alpha value is -1.85. The van der Waals surface area contributed by atoms with E-state index in [0.717, 1.165) is 12.1 Å². The van der Waals surface area contributed by atoms with Crippen LogP contribution in [0.1, 0.15) is 34.8 Å². The van der Waals surface area contributed by atoms with E-state index in [4.69, 9.17) is 0 Å². The first-order valence-corrected chi connectivity index (χ1v) is 4.42. The smallest absolute Gasteiger partial charge is 0.273 e. The highest BCUT2D eigenvalue weighted by Gasteiger charge is 2.21. The number of ketones is 1. The van der Waals surface area contributed by atoms with Crippen LogP contribution in [-0.4, -0.2) is 10.7 Å². The van der Waals surface area contributed by atoms with E-state index in [1.807, 2.05) is 0 Å². The van der Waals surface area contributed by atoms with E-state index in [-0.39, 0.29) is 11.1 Å². The lowest BCUT2D eigenvalue weighted by atomic mass is 10.0. The molecule has 0 heterocycles. The van der Waals surface area contributed by atoms with E-state index < -0.39 is 28.4 Å². The van der Waals surface area contributed by atoms with Gasteiger partial charge in [0.15, 0.2) is 5.78 Å². The predicted octanol–water partition coefficient (Wildman–Crippen LogP) is 3.04. The molecule has 0 atom stereocenters. The van der Waals surface area contributed by atoms with Crippen LogP contribution < -0.4 is 0 Å².